The minimum atomic E-state index is -3.71. The van der Waals surface area contributed by atoms with Crippen LogP contribution in [0.2, 0.25) is 0 Å². The van der Waals surface area contributed by atoms with E-state index in [1.54, 1.807) is 0 Å². The van der Waals surface area contributed by atoms with Gasteiger partial charge in [-0.1, -0.05) is 19.0 Å². The highest BCUT2D eigenvalue weighted by Gasteiger charge is 2.36. The van der Waals surface area contributed by atoms with Gasteiger partial charge in [0.1, 0.15) is 5.82 Å². The summed E-state index contributed by atoms with van der Waals surface area (Å²) >= 11 is 0. The Hall–Kier alpha value is -1.84. The summed E-state index contributed by atoms with van der Waals surface area (Å²) in [6.07, 6.45) is 0.524. The van der Waals surface area contributed by atoms with Gasteiger partial charge >= 0.3 is 0 Å². The molecule has 1 aromatic heterocycles. The number of hydrogen-bond donors (Lipinski definition) is 1. The van der Waals surface area contributed by atoms with Crippen molar-refractivity contribution in [3.8, 4) is 0 Å². The van der Waals surface area contributed by atoms with Crippen LogP contribution in [-0.4, -0.2) is 43.1 Å². The van der Waals surface area contributed by atoms with Gasteiger partial charge in [0.25, 0.3) is 0 Å². The predicted octanol–water partition coefficient (Wildman–Crippen LogP) is 2.06. The average molecular weight is 368 g/mol. The van der Waals surface area contributed by atoms with Crippen LogP contribution in [0.25, 0.3) is 0 Å². The van der Waals surface area contributed by atoms with Crippen LogP contribution in [0.1, 0.15) is 43.9 Å². The Balaban J connectivity index is 1.71. The predicted molar refractivity (Wildman–Crippen MR) is 88.9 cm³/mol. The molecule has 0 amide bonds. The summed E-state index contributed by atoms with van der Waals surface area (Å²) < 4.78 is 45.9. The first-order chi connectivity index (χ1) is 11.8. The Kier molecular flexibility index (Phi) is 4.90. The van der Waals surface area contributed by atoms with E-state index >= 15 is 0 Å². The number of likely N-dealkylation sites (tertiary alicyclic amines) is 1. The van der Waals surface area contributed by atoms with Crippen molar-refractivity contribution in [1.82, 2.24) is 19.8 Å². The molecule has 0 saturated carbocycles. The van der Waals surface area contributed by atoms with Crippen LogP contribution in [0.3, 0.4) is 0 Å². The first kappa shape index (κ1) is 18.0. The smallest absolute Gasteiger partial charge is 0.244 e. The van der Waals surface area contributed by atoms with Crippen LogP contribution in [0.5, 0.6) is 0 Å². The zero-order valence-corrected chi connectivity index (χ0v) is 15.1. The van der Waals surface area contributed by atoms with E-state index in [4.69, 9.17) is 4.52 Å². The number of sulfonamides is 1. The SMILES string of the molecule is CC(C)c1noc([C@H]2C[C@H](NS(=O)(=O)c3ccc(F)cc3)CN2C)n1. The number of nitrogens with zero attached hydrogens (tertiary/aromatic N) is 3. The molecule has 1 N–H and O–H groups in total. The van der Waals surface area contributed by atoms with Crippen molar-refractivity contribution >= 4 is 10.0 Å². The number of hydrogen-bond acceptors (Lipinski definition) is 6. The second kappa shape index (κ2) is 6.81. The van der Waals surface area contributed by atoms with Gasteiger partial charge in [0.05, 0.1) is 10.9 Å². The molecular formula is C16H21FN4O3S. The van der Waals surface area contributed by atoms with E-state index in [1.165, 1.54) is 12.1 Å². The third kappa shape index (κ3) is 3.88. The molecule has 1 fully saturated rings. The number of rotatable bonds is 5. The van der Waals surface area contributed by atoms with Gasteiger partial charge in [-0.3, -0.25) is 4.90 Å². The molecular weight excluding hydrogens is 347 g/mol. The maximum Gasteiger partial charge on any atom is 0.244 e. The standard InChI is InChI=1S/C16H21FN4O3S/c1-10(2)15-18-16(24-19-15)14-8-12(9-21(14)3)20-25(22,23)13-6-4-11(17)5-7-13/h4-7,10,12,14,20H,8-9H2,1-3H3/t12-,14+/m0/s1. The summed E-state index contributed by atoms with van der Waals surface area (Å²) in [5, 5.41) is 3.96. The molecule has 25 heavy (non-hydrogen) atoms. The highest BCUT2D eigenvalue weighted by atomic mass is 32.2. The fraction of sp³-hybridized carbons (Fsp3) is 0.500. The summed E-state index contributed by atoms with van der Waals surface area (Å²) in [4.78, 5) is 6.43. The largest absolute Gasteiger partial charge is 0.338 e. The summed E-state index contributed by atoms with van der Waals surface area (Å²) in [5.74, 6) is 0.822. The fourth-order valence-corrected chi connectivity index (χ4v) is 4.13. The van der Waals surface area contributed by atoms with Crippen molar-refractivity contribution in [3.63, 3.8) is 0 Å². The lowest BCUT2D eigenvalue weighted by Crippen LogP contribution is -2.36. The van der Waals surface area contributed by atoms with E-state index in [0.717, 1.165) is 12.1 Å². The first-order valence-corrected chi connectivity index (χ1v) is 9.56. The molecule has 9 heteroatoms. The van der Waals surface area contributed by atoms with Crippen molar-refractivity contribution in [2.24, 2.45) is 0 Å². The van der Waals surface area contributed by atoms with Gasteiger partial charge < -0.3 is 4.52 Å². The second-order valence-corrected chi connectivity index (χ2v) is 8.32. The van der Waals surface area contributed by atoms with Gasteiger partial charge in [-0.2, -0.15) is 4.98 Å². The molecule has 2 heterocycles. The van der Waals surface area contributed by atoms with E-state index < -0.39 is 15.8 Å². The minimum absolute atomic E-state index is 0.0416. The maximum absolute atomic E-state index is 13.0. The molecule has 2 atom stereocenters. The lowest BCUT2D eigenvalue weighted by Gasteiger charge is -2.14. The number of aromatic nitrogens is 2. The van der Waals surface area contributed by atoms with Crippen LogP contribution in [0, 0.1) is 5.82 Å². The van der Waals surface area contributed by atoms with Crippen LogP contribution in [0.4, 0.5) is 4.39 Å². The highest BCUT2D eigenvalue weighted by Crippen LogP contribution is 2.31. The molecule has 1 aliphatic heterocycles. The van der Waals surface area contributed by atoms with Crippen molar-refractivity contribution < 1.29 is 17.3 Å². The van der Waals surface area contributed by atoms with Crippen molar-refractivity contribution in [3.05, 3.63) is 41.8 Å². The average Bonchev–Trinajstić information content (AvgIpc) is 3.14. The van der Waals surface area contributed by atoms with Crippen LogP contribution in [0.15, 0.2) is 33.7 Å². The molecule has 0 aliphatic carbocycles. The number of benzene rings is 1. The Morgan fingerprint density at radius 2 is 2.00 bits per heavy atom. The van der Waals surface area contributed by atoms with Crippen molar-refractivity contribution in [2.75, 3.05) is 13.6 Å². The molecule has 136 valence electrons. The number of nitrogens with one attached hydrogen (secondary N) is 1. The molecule has 7 nitrogen and oxygen atoms in total. The lowest BCUT2D eigenvalue weighted by atomic mass is 10.2. The molecule has 0 spiro atoms. The summed E-state index contributed by atoms with van der Waals surface area (Å²) in [6.45, 7) is 4.48. The monoisotopic (exact) mass is 368 g/mol. The van der Waals surface area contributed by atoms with Gasteiger partial charge in [0, 0.05) is 18.5 Å². The Bertz CT molecular complexity index is 835. The van der Waals surface area contributed by atoms with Crippen LogP contribution < -0.4 is 4.72 Å². The molecule has 1 saturated heterocycles. The third-order valence-corrected chi connectivity index (χ3v) is 5.79. The van der Waals surface area contributed by atoms with E-state index in [0.29, 0.717) is 24.7 Å². The zero-order chi connectivity index (χ0) is 18.2. The van der Waals surface area contributed by atoms with E-state index in [2.05, 4.69) is 14.9 Å². The van der Waals surface area contributed by atoms with E-state index in [9.17, 15) is 12.8 Å². The zero-order valence-electron chi connectivity index (χ0n) is 14.3. The molecule has 1 aromatic carbocycles. The molecule has 3 rings (SSSR count). The second-order valence-electron chi connectivity index (χ2n) is 6.61. The number of likely N-dealkylation sites (N-methyl/N-ethyl adjacent to an activating group) is 1. The fourth-order valence-electron chi connectivity index (χ4n) is 2.89. The van der Waals surface area contributed by atoms with E-state index in [1.807, 2.05) is 25.8 Å². The van der Waals surface area contributed by atoms with Crippen molar-refractivity contribution in [1.29, 1.82) is 0 Å². The Morgan fingerprint density at radius 1 is 1.32 bits per heavy atom. The topological polar surface area (TPSA) is 88.3 Å². The minimum Gasteiger partial charge on any atom is -0.338 e. The summed E-state index contributed by atoms with van der Waals surface area (Å²) in [5.41, 5.74) is 0. The molecule has 0 bridgehead atoms. The molecule has 2 aromatic rings. The van der Waals surface area contributed by atoms with E-state index in [-0.39, 0.29) is 22.9 Å². The highest BCUT2D eigenvalue weighted by molar-refractivity contribution is 7.89. The summed E-state index contributed by atoms with van der Waals surface area (Å²) in [6, 6.07) is 4.33. The van der Waals surface area contributed by atoms with Gasteiger partial charge in [-0.05, 0) is 37.7 Å². The van der Waals surface area contributed by atoms with Gasteiger partial charge in [0.15, 0.2) is 5.82 Å². The van der Waals surface area contributed by atoms with Gasteiger partial charge in [0.2, 0.25) is 15.9 Å². The molecule has 0 unspecified atom stereocenters. The Morgan fingerprint density at radius 3 is 2.60 bits per heavy atom. The normalized spacial score (nSPS) is 22.0. The maximum atomic E-state index is 13.0. The first-order valence-electron chi connectivity index (χ1n) is 8.08. The Labute approximate surface area is 146 Å². The summed E-state index contributed by atoms with van der Waals surface area (Å²) in [7, 11) is -1.82. The van der Waals surface area contributed by atoms with Crippen LogP contribution >= 0.6 is 0 Å². The number of halogens is 1. The van der Waals surface area contributed by atoms with Crippen LogP contribution in [-0.2, 0) is 10.0 Å². The van der Waals surface area contributed by atoms with Gasteiger partial charge in [-0.15, -0.1) is 0 Å². The lowest BCUT2D eigenvalue weighted by molar-refractivity contribution is 0.244. The van der Waals surface area contributed by atoms with Crippen molar-refractivity contribution in [2.45, 2.75) is 43.2 Å². The quantitative estimate of drug-likeness (QED) is 0.869. The van der Waals surface area contributed by atoms with Gasteiger partial charge in [-0.25, -0.2) is 17.5 Å². The molecule has 0 radical (unpaired) electrons. The molecule has 1 aliphatic rings. The third-order valence-electron chi connectivity index (χ3n) is 4.25.